The van der Waals surface area contributed by atoms with E-state index in [1.54, 1.807) is 6.07 Å². The summed E-state index contributed by atoms with van der Waals surface area (Å²) in [4.78, 5) is 20.5. The standard InChI is InChI=1S/C24H25N3O7/c1-13(24(28)29)7-20-26-16(11-25-10-14-5-6-17-18(8-14)34-12-33-17)15-9-19(30-2)22(31-3)23(32-4)21(15)27-20/h5-9,25H,10-12H2,1-4H3,(H,28,29). The molecule has 0 aliphatic carbocycles. The number of nitrogens with one attached hydrogen (secondary N) is 1. The summed E-state index contributed by atoms with van der Waals surface area (Å²) in [7, 11) is 4.56. The smallest absolute Gasteiger partial charge is 0.331 e. The largest absolute Gasteiger partial charge is 0.493 e. The van der Waals surface area contributed by atoms with Crippen LogP contribution in [0.25, 0.3) is 17.0 Å². The van der Waals surface area contributed by atoms with E-state index in [-0.39, 0.29) is 18.2 Å². The van der Waals surface area contributed by atoms with Gasteiger partial charge in [0, 0.05) is 24.0 Å². The highest BCUT2D eigenvalue weighted by molar-refractivity contribution is 5.94. The van der Waals surface area contributed by atoms with Crippen molar-refractivity contribution in [2.24, 2.45) is 0 Å². The number of carboxylic acid groups (broad SMARTS) is 1. The maximum absolute atomic E-state index is 11.4. The van der Waals surface area contributed by atoms with Gasteiger partial charge >= 0.3 is 5.97 Å². The van der Waals surface area contributed by atoms with Crippen LogP contribution in [-0.4, -0.2) is 49.2 Å². The Hall–Kier alpha value is -4.05. The van der Waals surface area contributed by atoms with Crippen LogP contribution >= 0.6 is 0 Å². The third kappa shape index (κ3) is 4.53. The number of carbonyl (C=O) groups is 1. The quantitative estimate of drug-likeness (QED) is 0.454. The Kier molecular flexibility index (Phi) is 6.69. The number of nitrogens with zero attached hydrogens (tertiary/aromatic N) is 2. The summed E-state index contributed by atoms with van der Waals surface area (Å²) in [5.41, 5.74) is 2.26. The summed E-state index contributed by atoms with van der Waals surface area (Å²) in [6.07, 6.45) is 1.42. The molecule has 0 radical (unpaired) electrons. The number of benzene rings is 2. The van der Waals surface area contributed by atoms with E-state index in [2.05, 4.69) is 15.3 Å². The van der Waals surface area contributed by atoms with Crippen molar-refractivity contribution in [1.82, 2.24) is 15.3 Å². The number of aromatic nitrogens is 2. The van der Waals surface area contributed by atoms with Gasteiger partial charge in [-0.15, -0.1) is 0 Å². The first-order valence-corrected chi connectivity index (χ1v) is 10.5. The molecule has 3 aromatic rings. The Balaban J connectivity index is 1.73. The Morgan fingerprint density at radius 1 is 1.06 bits per heavy atom. The Morgan fingerprint density at radius 2 is 1.82 bits per heavy atom. The van der Waals surface area contributed by atoms with Crippen molar-refractivity contribution in [3.05, 3.63) is 46.9 Å². The van der Waals surface area contributed by atoms with Crippen LogP contribution in [0.3, 0.4) is 0 Å². The Labute approximate surface area is 196 Å². The zero-order valence-corrected chi connectivity index (χ0v) is 19.3. The number of rotatable bonds is 9. The van der Waals surface area contributed by atoms with Gasteiger partial charge in [-0.25, -0.2) is 14.8 Å². The van der Waals surface area contributed by atoms with Crippen molar-refractivity contribution < 1.29 is 33.6 Å². The molecule has 1 aromatic heterocycles. The van der Waals surface area contributed by atoms with Crippen LogP contribution in [-0.2, 0) is 17.9 Å². The molecule has 0 atom stereocenters. The van der Waals surface area contributed by atoms with Crippen LogP contribution in [0.1, 0.15) is 24.0 Å². The minimum absolute atomic E-state index is 0.109. The molecule has 0 amide bonds. The third-order valence-electron chi connectivity index (χ3n) is 5.33. The van der Waals surface area contributed by atoms with Crippen LogP contribution in [0.4, 0.5) is 0 Å². The highest BCUT2D eigenvalue weighted by Crippen LogP contribution is 2.43. The topological polar surface area (TPSA) is 121 Å². The lowest BCUT2D eigenvalue weighted by molar-refractivity contribution is -0.132. The van der Waals surface area contributed by atoms with Crippen LogP contribution < -0.4 is 29.0 Å². The van der Waals surface area contributed by atoms with Gasteiger partial charge in [0.25, 0.3) is 0 Å². The molecule has 2 N–H and O–H groups in total. The molecule has 0 saturated carbocycles. The van der Waals surface area contributed by atoms with Crippen molar-refractivity contribution in [1.29, 1.82) is 0 Å². The number of ether oxygens (including phenoxy) is 5. The van der Waals surface area contributed by atoms with Gasteiger partial charge in [0.2, 0.25) is 12.5 Å². The molecule has 0 bridgehead atoms. The summed E-state index contributed by atoms with van der Waals surface area (Å²) in [6.45, 7) is 2.63. The second-order valence-corrected chi connectivity index (χ2v) is 7.49. The van der Waals surface area contributed by atoms with Crippen LogP contribution in [0.2, 0.25) is 0 Å². The molecule has 2 aromatic carbocycles. The number of carboxylic acids is 1. The zero-order chi connectivity index (χ0) is 24.2. The van der Waals surface area contributed by atoms with E-state index in [9.17, 15) is 9.90 Å². The second-order valence-electron chi connectivity index (χ2n) is 7.49. The van der Waals surface area contributed by atoms with Gasteiger partial charge in [-0.2, -0.15) is 0 Å². The lowest BCUT2D eigenvalue weighted by Gasteiger charge is -2.16. The average Bonchev–Trinajstić information content (AvgIpc) is 3.30. The minimum atomic E-state index is -1.05. The summed E-state index contributed by atoms with van der Waals surface area (Å²) in [5, 5.41) is 13.4. The van der Waals surface area contributed by atoms with Crippen molar-refractivity contribution in [3.63, 3.8) is 0 Å². The molecule has 10 nitrogen and oxygen atoms in total. The summed E-state index contributed by atoms with van der Waals surface area (Å²) < 4.78 is 27.4. The number of hydrogen-bond donors (Lipinski definition) is 2. The van der Waals surface area contributed by atoms with Crippen molar-refractivity contribution in [2.75, 3.05) is 28.1 Å². The molecule has 0 saturated heterocycles. The van der Waals surface area contributed by atoms with Gasteiger partial charge < -0.3 is 34.1 Å². The maximum Gasteiger partial charge on any atom is 0.331 e. The van der Waals surface area contributed by atoms with E-state index in [0.29, 0.717) is 52.7 Å². The van der Waals surface area contributed by atoms with Crippen LogP contribution in [0.15, 0.2) is 29.8 Å². The van der Waals surface area contributed by atoms with E-state index in [1.807, 2.05) is 18.2 Å². The maximum atomic E-state index is 11.4. The predicted octanol–water partition coefficient (Wildman–Crippen LogP) is 3.16. The van der Waals surface area contributed by atoms with Crippen LogP contribution in [0, 0.1) is 0 Å². The van der Waals surface area contributed by atoms with Gasteiger partial charge in [0.1, 0.15) is 5.52 Å². The molecule has 0 spiro atoms. The lowest BCUT2D eigenvalue weighted by atomic mass is 10.1. The van der Waals surface area contributed by atoms with Gasteiger partial charge in [0.05, 0.1) is 27.0 Å². The van der Waals surface area contributed by atoms with Crippen molar-refractivity contribution in [2.45, 2.75) is 20.0 Å². The number of aliphatic carboxylic acids is 1. The zero-order valence-electron chi connectivity index (χ0n) is 19.3. The number of methoxy groups -OCH3 is 3. The van der Waals surface area contributed by atoms with E-state index >= 15 is 0 Å². The average molecular weight is 467 g/mol. The fourth-order valence-electron chi connectivity index (χ4n) is 3.64. The van der Waals surface area contributed by atoms with Crippen molar-refractivity contribution >= 4 is 22.9 Å². The van der Waals surface area contributed by atoms with Gasteiger partial charge in [0.15, 0.2) is 28.8 Å². The fraction of sp³-hybridized carbons (Fsp3) is 0.292. The van der Waals surface area contributed by atoms with Gasteiger partial charge in [-0.05, 0) is 36.8 Å². The predicted molar refractivity (Wildman–Crippen MR) is 124 cm³/mol. The first-order chi connectivity index (χ1) is 16.4. The molecule has 1 aliphatic heterocycles. The summed E-state index contributed by atoms with van der Waals surface area (Å²) in [5.74, 6) is 1.87. The normalized spacial score (nSPS) is 12.6. The number of fused-ring (bicyclic) bond motifs is 2. The van der Waals surface area contributed by atoms with E-state index in [0.717, 1.165) is 11.3 Å². The Bertz CT molecular complexity index is 1270. The molecule has 0 fully saturated rings. The first kappa shape index (κ1) is 23.1. The van der Waals surface area contributed by atoms with Gasteiger partial charge in [-0.1, -0.05) is 6.07 Å². The van der Waals surface area contributed by atoms with E-state index in [4.69, 9.17) is 23.7 Å². The highest BCUT2D eigenvalue weighted by atomic mass is 16.7. The monoisotopic (exact) mass is 467 g/mol. The molecule has 2 heterocycles. The Morgan fingerprint density at radius 3 is 2.53 bits per heavy atom. The number of hydrogen-bond acceptors (Lipinski definition) is 9. The molecule has 1 aliphatic rings. The molecule has 10 heteroatoms. The van der Waals surface area contributed by atoms with E-state index in [1.165, 1.54) is 34.3 Å². The fourth-order valence-corrected chi connectivity index (χ4v) is 3.64. The molecular weight excluding hydrogens is 442 g/mol. The molecule has 34 heavy (non-hydrogen) atoms. The summed E-state index contributed by atoms with van der Waals surface area (Å²) in [6, 6.07) is 7.54. The van der Waals surface area contributed by atoms with Crippen LogP contribution in [0.5, 0.6) is 28.7 Å². The SMILES string of the molecule is COc1cc2c(CNCc3ccc4c(c3)OCO4)nc(C=C(C)C(=O)O)nc2c(OC)c1OC. The minimum Gasteiger partial charge on any atom is -0.493 e. The molecular formula is C24H25N3O7. The second kappa shape index (κ2) is 9.84. The lowest BCUT2D eigenvalue weighted by Crippen LogP contribution is -2.15. The molecule has 0 unspecified atom stereocenters. The highest BCUT2D eigenvalue weighted by Gasteiger charge is 2.21. The summed E-state index contributed by atoms with van der Waals surface area (Å²) >= 11 is 0. The van der Waals surface area contributed by atoms with E-state index < -0.39 is 5.97 Å². The molecule has 4 rings (SSSR count). The molecule has 178 valence electrons. The third-order valence-corrected chi connectivity index (χ3v) is 5.33. The van der Waals surface area contributed by atoms with Gasteiger partial charge in [-0.3, -0.25) is 0 Å². The van der Waals surface area contributed by atoms with Crippen molar-refractivity contribution in [3.8, 4) is 28.7 Å². The first-order valence-electron chi connectivity index (χ1n) is 10.5.